The predicted molar refractivity (Wildman–Crippen MR) is 36.6 cm³/mol. The summed E-state index contributed by atoms with van der Waals surface area (Å²) in [7, 11) is 0. The quantitative estimate of drug-likeness (QED) is 0.391. The minimum absolute atomic E-state index is 0.161. The highest BCUT2D eigenvalue weighted by molar-refractivity contribution is 5.74. The van der Waals surface area contributed by atoms with Crippen LogP contribution in [0.5, 0.6) is 0 Å². The first-order valence-corrected chi connectivity index (χ1v) is 2.78. The average molecular weight is 142 g/mol. The molecule has 0 spiro atoms. The summed E-state index contributed by atoms with van der Waals surface area (Å²) in [6.45, 7) is 1.56. The van der Waals surface area contributed by atoms with Crippen molar-refractivity contribution in [2.45, 2.75) is 13.0 Å². The van der Waals surface area contributed by atoms with Crippen molar-refractivity contribution in [3.8, 4) is 12.3 Å². The van der Waals surface area contributed by atoms with E-state index >= 15 is 0 Å². The van der Waals surface area contributed by atoms with E-state index in [0.29, 0.717) is 0 Å². The van der Waals surface area contributed by atoms with Gasteiger partial charge in [0, 0.05) is 0 Å². The number of rotatable bonds is 4. The van der Waals surface area contributed by atoms with Crippen molar-refractivity contribution in [3.05, 3.63) is 0 Å². The molecule has 0 aromatic carbocycles. The molecule has 0 aliphatic heterocycles. The van der Waals surface area contributed by atoms with Crippen molar-refractivity contribution in [3.63, 3.8) is 0 Å². The van der Waals surface area contributed by atoms with Crippen LogP contribution in [0.2, 0.25) is 0 Å². The highest BCUT2D eigenvalue weighted by Gasteiger charge is 1.96. The lowest BCUT2D eigenvalue weighted by molar-refractivity contribution is -0.125. The van der Waals surface area contributed by atoms with Crippen LogP contribution in [0.15, 0.2) is 0 Å². The van der Waals surface area contributed by atoms with Gasteiger partial charge in [0.1, 0.15) is 6.61 Å². The van der Waals surface area contributed by atoms with Crippen molar-refractivity contribution >= 4 is 5.91 Å². The molecule has 3 N–H and O–H groups in total. The van der Waals surface area contributed by atoms with E-state index in [0.717, 1.165) is 0 Å². The molecule has 0 aromatic rings. The summed E-state index contributed by atoms with van der Waals surface area (Å²) in [6.07, 6.45) is 4.98. The second-order valence-electron chi connectivity index (χ2n) is 1.76. The zero-order chi connectivity index (χ0) is 7.98. The Kier molecular flexibility index (Phi) is 4.29. The number of amides is 1. The first-order chi connectivity index (χ1) is 4.66. The van der Waals surface area contributed by atoms with Gasteiger partial charge < -0.3 is 5.73 Å². The van der Waals surface area contributed by atoms with Crippen LogP contribution in [0.25, 0.3) is 0 Å². The highest BCUT2D eigenvalue weighted by atomic mass is 16.6. The van der Waals surface area contributed by atoms with E-state index in [-0.39, 0.29) is 12.6 Å². The maximum atomic E-state index is 10.1. The van der Waals surface area contributed by atoms with Gasteiger partial charge in [-0.3, -0.25) is 9.63 Å². The van der Waals surface area contributed by atoms with Crippen molar-refractivity contribution < 1.29 is 9.63 Å². The van der Waals surface area contributed by atoms with E-state index in [1.807, 2.05) is 0 Å². The Morgan fingerprint density at radius 2 is 2.60 bits per heavy atom. The number of primary amides is 1. The lowest BCUT2D eigenvalue weighted by Crippen LogP contribution is -2.29. The second kappa shape index (κ2) is 4.79. The van der Waals surface area contributed by atoms with Gasteiger partial charge in [-0.05, 0) is 6.92 Å². The largest absolute Gasteiger partial charge is 0.368 e. The standard InChI is InChI=1S/C6H10N2O2/c1-3-5(2)8-10-4-6(7)9/h1,5,8H,4H2,2H3,(H2,7,9). The number of nitrogens with two attached hydrogens (primary N) is 1. The number of hydrogen-bond acceptors (Lipinski definition) is 3. The Bertz CT molecular complexity index is 150. The van der Waals surface area contributed by atoms with Gasteiger partial charge in [0.05, 0.1) is 6.04 Å². The van der Waals surface area contributed by atoms with Gasteiger partial charge in [0.25, 0.3) is 0 Å². The van der Waals surface area contributed by atoms with Crippen molar-refractivity contribution in [2.24, 2.45) is 5.73 Å². The van der Waals surface area contributed by atoms with Crippen molar-refractivity contribution in [1.82, 2.24) is 5.48 Å². The molecule has 0 fully saturated rings. The maximum absolute atomic E-state index is 10.1. The average Bonchev–Trinajstić information content (AvgIpc) is 1.87. The first kappa shape index (κ1) is 8.95. The van der Waals surface area contributed by atoms with Gasteiger partial charge in [-0.25, -0.2) is 0 Å². The maximum Gasteiger partial charge on any atom is 0.245 e. The number of carbonyl (C=O) groups is 1. The molecule has 0 saturated heterocycles. The van der Waals surface area contributed by atoms with Gasteiger partial charge in [-0.15, -0.1) is 6.42 Å². The highest BCUT2D eigenvalue weighted by Crippen LogP contribution is 1.75. The summed E-state index contributed by atoms with van der Waals surface area (Å²) < 4.78 is 0. The SMILES string of the molecule is C#CC(C)NOCC(N)=O. The van der Waals surface area contributed by atoms with E-state index in [1.54, 1.807) is 6.92 Å². The summed E-state index contributed by atoms with van der Waals surface area (Å²) in [6, 6.07) is -0.209. The predicted octanol–water partition coefficient (Wildman–Crippen LogP) is -0.985. The molecule has 0 rings (SSSR count). The summed E-state index contributed by atoms with van der Waals surface area (Å²) in [5, 5.41) is 0. The molecule has 0 saturated carbocycles. The fourth-order valence-electron chi connectivity index (χ4n) is 0.272. The molecule has 0 radical (unpaired) electrons. The molecular formula is C6H10N2O2. The third kappa shape index (κ3) is 5.09. The molecule has 10 heavy (non-hydrogen) atoms. The molecule has 4 nitrogen and oxygen atoms in total. The molecular weight excluding hydrogens is 132 g/mol. The Morgan fingerprint density at radius 3 is 3.00 bits per heavy atom. The lowest BCUT2D eigenvalue weighted by atomic mass is 10.4. The van der Waals surface area contributed by atoms with Crippen LogP contribution < -0.4 is 11.2 Å². The van der Waals surface area contributed by atoms with Gasteiger partial charge >= 0.3 is 0 Å². The number of hydrogen-bond donors (Lipinski definition) is 2. The van der Waals surface area contributed by atoms with E-state index < -0.39 is 5.91 Å². The molecule has 56 valence electrons. The fourth-order valence-corrected chi connectivity index (χ4v) is 0.272. The Balaban J connectivity index is 3.22. The molecule has 1 amide bonds. The normalized spacial score (nSPS) is 12.0. The fraction of sp³-hybridized carbons (Fsp3) is 0.500. The van der Waals surface area contributed by atoms with Crippen LogP contribution in [-0.2, 0) is 9.63 Å². The van der Waals surface area contributed by atoms with Crippen LogP contribution in [-0.4, -0.2) is 18.6 Å². The smallest absolute Gasteiger partial charge is 0.245 e. The van der Waals surface area contributed by atoms with Crippen molar-refractivity contribution in [2.75, 3.05) is 6.61 Å². The first-order valence-electron chi connectivity index (χ1n) is 2.78. The number of hydroxylamine groups is 1. The summed E-state index contributed by atoms with van der Waals surface area (Å²) in [4.78, 5) is 14.7. The third-order valence-electron chi connectivity index (χ3n) is 0.725. The van der Waals surface area contributed by atoms with Crippen LogP contribution in [0, 0.1) is 12.3 Å². The zero-order valence-corrected chi connectivity index (χ0v) is 5.76. The third-order valence-corrected chi connectivity index (χ3v) is 0.725. The van der Waals surface area contributed by atoms with E-state index in [9.17, 15) is 4.79 Å². The monoisotopic (exact) mass is 142 g/mol. The zero-order valence-electron chi connectivity index (χ0n) is 5.76. The van der Waals surface area contributed by atoms with Crippen LogP contribution in [0.1, 0.15) is 6.92 Å². The van der Waals surface area contributed by atoms with Gasteiger partial charge in [-0.2, -0.15) is 5.48 Å². The molecule has 1 atom stereocenters. The van der Waals surface area contributed by atoms with Crippen LogP contribution in [0.3, 0.4) is 0 Å². The Hall–Kier alpha value is -1.05. The summed E-state index contributed by atoms with van der Waals surface area (Å²) in [5.74, 6) is 1.82. The topological polar surface area (TPSA) is 64.3 Å². The molecule has 4 heteroatoms. The number of carbonyl (C=O) groups excluding carboxylic acids is 1. The molecule has 0 aliphatic rings. The van der Waals surface area contributed by atoms with Crippen LogP contribution in [0.4, 0.5) is 0 Å². The number of nitrogens with one attached hydrogen (secondary N) is 1. The minimum atomic E-state index is -0.531. The minimum Gasteiger partial charge on any atom is -0.368 e. The molecule has 0 bridgehead atoms. The Labute approximate surface area is 59.7 Å². The van der Waals surface area contributed by atoms with Crippen LogP contribution >= 0.6 is 0 Å². The van der Waals surface area contributed by atoms with Gasteiger partial charge in [0.2, 0.25) is 5.91 Å². The second-order valence-corrected chi connectivity index (χ2v) is 1.76. The molecule has 1 unspecified atom stereocenters. The van der Waals surface area contributed by atoms with E-state index in [4.69, 9.17) is 12.2 Å². The molecule has 0 aromatic heterocycles. The molecule has 0 aliphatic carbocycles. The lowest BCUT2D eigenvalue weighted by Gasteiger charge is -2.04. The van der Waals surface area contributed by atoms with Gasteiger partial charge in [-0.1, -0.05) is 5.92 Å². The summed E-state index contributed by atoms with van der Waals surface area (Å²) in [5.41, 5.74) is 7.19. The number of terminal acetylenes is 1. The van der Waals surface area contributed by atoms with E-state index in [1.165, 1.54) is 0 Å². The Morgan fingerprint density at radius 1 is 2.00 bits per heavy atom. The molecule has 0 heterocycles. The summed E-state index contributed by atoms with van der Waals surface area (Å²) >= 11 is 0. The van der Waals surface area contributed by atoms with E-state index in [2.05, 4.69) is 16.2 Å². The van der Waals surface area contributed by atoms with Crippen molar-refractivity contribution in [1.29, 1.82) is 0 Å². The van der Waals surface area contributed by atoms with Gasteiger partial charge in [0.15, 0.2) is 0 Å².